The second-order valence-electron chi connectivity index (χ2n) is 5.02. The van der Waals surface area contributed by atoms with Gasteiger partial charge in [-0.2, -0.15) is 5.10 Å². The second-order valence-corrected chi connectivity index (χ2v) is 5.02. The van der Waals surface area contributed by atoms with Crippen molar-refractivity contribution in [2.24, 2.45) is 5.10 Å². The molecule has 0 fully saturated rings. The van der Waals surface area contributed by atoms with Gasteiger partial charge in [0.25, 0.3) is 5.91 Å². The van der Waals surface area contributed by atoms with Crippen LogP contribution in [0.1, 0.15) is 32.6 Å². The maximum Gasteiger partial charge on any atom is 0.271 e. The van der Waals surface area contributed by atoms with Crippen molar-refractivity contribution >= 4 is 12.1 Å². The Kier molecular flexibility index (Phi) is 4.38. The first-order chi connectivity index (χ1) is 9.99. The van der Waals surface area contributed by atoms with E-state index in [-0.39, 0.29) is 11.7 Å². The molecule has 0 heterocycles. The van der Waals surface area contributed by atoms with E-state index in [2.05, 4.69) is 10.5 Å². The van der Waals surface area contributed by atoms with Crippen LogP contribution in [0.3, 0.4) is 0 Å². The van der Waals surface area contributed by atoms with Gasteiger partial charge >= 0.3 is 0 Å². The number of hydrazone groups is 1. The number of rotatable bonds is 3. The molecule has 0 saturated carbocycles. The van der Waals surface area contributed by atoms with Crippen LogP contribution in [0.25, 0.3) is 0 Å². The first kappa shape index (κ1) is 14.8. The lowest BCUT2D eigenvalue weighted by molar-refractivity contribution is 0.0954. The number of aryl methyl sites for hydroxylation is 3. The number of phenols is 1. The van der Waals surface area contributed by atoms with Crippen molar-refractivity contribution < 1.29 is 9.90 Å². The number of aromatic hydroxyl groups is 1. The lowest BCUT2D eigenvalue weighted by Gasteiger charge is -2.05. The van der Waals surface area contributed by atoms with Gasteiger partial charge in [0.15, 0.2) is 0 Å². The first-order valence-electron chi connectivity index (χ1n) is 6.68. The van der Waals surface area contributed by atoms with E-state index in [9.17, 15) is 9.90 Å². The zero-order valence-corrected chi connectivity index (χ0v) is 12.3. The molecule has 21 heavy (non-hydrogen) atoms. The smallest absolute Gasteiger partial charge is 0.271 e. The van der Waals surface area contributed by atoms with Gasteiger partial charge in [-0.05, 0) is 61.2 Å². The first-order valence-corrected chi connectivity index (χ1v) is 6.68. The van der Waals surface area contributed by atoms with Crippen LogP contribution in [0.2, 0.25) is 0 Å². The minimum absolute atomic E-state index is 0.239. The van der Waals surface area contributed by atoms with E-state index >= 15 is 0 Å². The van der Waals surface area contributed by atoms with E-state index in [0.717, 1.165) is 22.3 Å². The van der Waals surface area contributed by atoms with Crippen LogP contribution in [0.15, 0.2) is 41.5 Å². The molecule has 0 spiro atoms. The van der Waals surface area contributed by atoms with E-state index in [0.29, 0.717) is 5.56 Å². The minimum Gasteiger partial charge on any atom is -0.507 e. The van der Waals surface area contributed by atoms with Gasteiger partial charge in [0, 0.05) is 5.56 Å². The molecule has 0 aliphatic heterocycles. The Morgan fingerprint density at radius 2 is 1.71 bits per heavy atom. The normalized spacial score (nSPS) is 10.8. The Bertz CT molecular complexity index is 683. The summed E-state index contributed by atoms with van der Waals surface area (Å²) in [6.07, 6.45) is 1.57. The maximum absolute atomic E-state index is 12.0. The monoisotopic (exact) mass is 282 g/mol. The summed E-state index contributed by atoms with van der Waals surface area (Å²) in [5, 5.41) is 13.7. The number of hydrogen-bond donors (Lipinski definition) is 2. The third-order valence-corrected chi connectivity index (χ3v) is 3.28. The van der Waals surface area contributed by atoms with Crippen LogP contribution in [-0.2, 0) is 0 Å². The van der Waals surface area contributed by atoms with Crippen molar-refractivity contribution in [3.8, 4) is 5.75 Å². The highest BCUT2D eigenvalue weighted by molar-refractivity contribution is 5.96. The molecule has 108 valence electrons. The van der Waals surface area contributed by atoms with Gasteiger partial charge in [-0.15, -0.1) is 0 Å². The van der Waals surface area contributed by atoms with Crippen LogP contribution in [-0.4, -0.2) is 17.2 Å². The molecule has 0 bridgehead atoms. The van der Waals surface area contributed by atoms with Gasteiger partial charge in [0.05, 0.1) is 6.21 Å². The number of amides is 1. The molecular weight excluding hydrogens is 264 g/mol. The zero-order valence-electron chi connectivity index (χ0n) is 12.3. The largest absolute Gasteiger partial charge is 0.507 e. The standard InChI is InChI=1S/C17H18N2O2/c1-11-6-4-5-7-15(11)17(21)19-18-10-14-8-12(2)16(20)13(3)9-14/h4-10,20H,1-3H3,(H,19,21)/b18-10+. The summed E-state index contributed by atoms with van der Waals surface area (Å²) in [5.41, 5.74) is 6.40. The molecule has 4 nitrogen and oxygen atoms in total. The van der Waals surface area contributed by atoms with Gasteiger partial charge < -0.3 is 5.11 Å². The lowest BCUT2D eigenvalue weighted by atomic mass is 10.1. The summed E-state index contributed by atoms with van der Waals surface area (Å²) >= 11 is 0. The zero-order chi connectivity index (χ0) is 15.4. The number of carbonyl (C=O) groups excluding carboxylic acids is 1. The van der Waals surface area contributed by atoms with Crippen LogP contribution in [0.4, 0.5) is 0 Å². The number of benzene rings is 2. The molecule has 0 aliphatic rings. The van der Waals surface area contributed by atoms with E-state index in [1.54, 1.807) is 12.3 Å². The van der Waals surface area contributed by atoms with Crippen LogP contribution in [0, 0.1) is 20.8 Å². The van der Waals surface area contributed by atoms with E-state index in [4.69, 9.17) is 0 Å². The molecule has 2 aromatic rings. The molecule has 0 aromatic heterocycles. The Morgan fingerprint density at radius 1 is 1.10 bits per heavy atom. The molecule has 0 aliphatic carbocycles. The summed E-state index contributed by atoms with van der Waals surface area (Å²) < 4.78 is 0. The van der Waals surface area contributed by atoms with Crippen LogP contribution in [0.5, 0.6) is 5.75 Å². The lowest BCUT2D eigenvalue weighted by Crippen LogP contribution is -2.18. The van der Waals surface area contributed by atoms with Gasteiger partial charge in [-0.25, -0.2) is 5.43 Å². The van der Waals surface area contributed by atoms with Gasteiger partial charge in [-0.1, -0.05) is 18.2 Å². The maximum atomic E-state index is 12.0. The predicted molar refractivity (Wildman–Crippen MR) is 83.8 cm³/mol. The van der Waals surface area contributed by atoms with Crippen molar-refractivity contribution in [3.63, 3.8) is 0 Å². The number of nitrogens with zero attached hydrogens (tertiary/aromatic N) is 1. The summed E-state index contributed by atoms with van der Waals surface area (Å²) in [7, 11) is 0. The summed E-state index contributed by atoms with van der Waals surface area (Å²) in [4.78, 5) is 12.0. The van der Waals surface area contributed by atoms with Crippen molar-refractivity contribution in [1.29, 1.82) is 0 Å². The average Bonchev–Trinajstić information content (AvgIpc) is 2.45. The average molecular weight is 282 g/mol. The fourth-order valence-corrected chi connectivity index (χ4v) is 2.12. The third kappa shape index (κ3) is 3.48. The molecule has 2 rings (SSSR count). The number of phenolic OH excluding ortho intramolecular Hbond substituents is 1. The fraction of sp³-hybridized carbons (Fsp3) is 0.176. The Labute approximate surface area is 124 Å². The molecule has 2 N–H and O–H groups in total. The van der Waals surface area contributed by atoms with E-state index < -0.39 is 0 Å². The highest BCUT2D eigenvalue weighted by Gasteiger charge is 2.06. The highest BCUT2D eigenvalue weighted by atomic mass is 16.3. The molecule has 0 atom stereocenters. The molecule has 0 saturated heterocycles. The van der Waals surface area contributed by atoms with Crippen LogP contribution < -0.4 is 5.43 Å². The quantitative estimate of drug-likeness (QED) is 0.671. The summed E-state index contributed by atoms with van der Waals surface area (Å²) in [6, 6.07) is 11.0. The van der Waals surface area contributed by atoms with Gasteiger partial charge in [-0.3, -0.25) is 4.79 Å². The van der Waals surface area contributed by atoms with Gasteiger partial charge in [0.2, 0.25) is 0 Å². The summed E-state index contributed by atoms with van der Waals surface area (Å²) in [6.45, 7) is 5.53. The number of hydrogen-bond acceptors (Lipinski definition) is 3. The molecule has 2 aromatic carbocycles. The fourth-order valence-electron chi connectivity index (χ4n) is 2.12. The molecule has 1 amide bonds. The third-order valence-electron chi connectivity index (χ3n) is 3.28. The Hall–Kier alpha value is -2.62. The van der Waals surface area contributed by atoms with E-state index in [1.165, 1.54) is 0 Å². The number of carbonyl (C=O) groups is 1. The Morgan fingerprint density at radius 3 is 2.33 bits per heavy atom. The van der Waals surface area contributed by atoms with Gasteiger partial charge in [0.1, 0.15) is 5.75 Å². The molecule has 0 radical (unpaired) electrons. The highest BCUT2D eigenvalue weighted by Crippen LogP contribution is 2.21. The predicted octanol–water partition coefficient (Wildman–Crippen LogP) is 3.08. The summed E-state index contributed by atoms with van der Waals surface area (Å²) in [5.74, 6) is 0.0488. The number of nitrogens with one attached hydrogen (secondary N) is 1. The van der Waals surface area contributed by atoms with Crippen molar-refractivity contribution in [3.05, 3.63) is 64.2 Å². The minimum atomic E-state index is -0.239. The van der Waals surface area contributed by atoms with E-state index in [1.807, 2.05) is 51.1 Å². The Balaban J connectivity index is 2.10. The van der Waals surface area contributed by atoms with Crippen molar-refractivity contribution in [1.82, 2.24) is 5.43 Å². The second kappa shape index (κ2) is 6.22. The molecule has 0 unspecified atom stereocenters. The van der Waals surface area contributed by atoms with Crippen molar-refractivity contribution in [2.45, 2.75) is 20.8 Å². The topological polar surface area (TPSA) is 61.7 Å². The molecule has 4 heteroatoms. The SMILES string of the molecule is Cc1ccccc1C(=O)N/N=C/c1cc(C)c(O)c(C)c1. The van der Waals surface area contributed by atoms with Crippen molar-refractivity contribution in [2.75, 3.05) is 0 Å². The molecular formula is C17H18N2O2. The van der Waals surface area contributed by atoms with Crippen LogP contribution >= 0.6 is 0 Å².